The van der Waals surface area contributed by atoms with Gasteiger partial charge in [0, 0.05) is 19.1 Å². The van der Waals surface area contributed by atoms with E-state index in [4.69, 9.17) is 18.9 Å². The van der Waals surface area contributed by atoms with Crippen LogP contribution < -0.4 is 14.2 Å². The fraction of sp³-hybridized carbons (Fsp3) is 0.179. The normalized spacial score (nSPS) is 10.8. The van der Waals surface area contributed by atoms with E-state index in [1.807, 2.05) is 0 Å². The second kappa shape index (κ2) is 13.3. The summed E-state index contributed by atoms with van der Waals surface area (Å²) in [6.07, 6.45) is 2.18. The van der Waals surface area contributed by atoms with Gasteiger partial charge in [-0.15, -0.1) is 0 Å². The molecule has 3 rings (SSSR count). The van der Waals surface area contributed by atoms with Gasteiger partial charge >= 0.3 is 17.9 Å². The van der Waals surface area contributed by atoms with Crippen molar-refractivity contribution in [3.8, 4) is 17.2 Å². The molecular formula is C28H25FO9S. The summed E-state index contributed by atoms with van der Waals surface area (Å²) in [5.74, 6) is -2.43. The highest BCUT2D eigenvalue weighted by atomic mass is 32.2. The highest BCUT2D eigenvalue weighted by molar-refractivity contribution is 7.91. The summed E-state index contributed by atoms with van der Waals surface area (Å²) in [6.45, 7) is 4.99. The van der Waals surface area contributed by atoms with E-state index in [1.165, 1.54) is 67.6 Å². The zero-order valence-corrected chi connectivity index (χ0v) is 21.7. The fourth-order valence-corrected chi connectivity index (χ4v) is 4.48. The summed E-state index contributed by atoms with van der Waals surface area (Å²) in [6, 6.07) is 14.1. The van der Waals surface area contributed by atoms with E-state index in [1.54, 1.807) is 0 Å². The van der Waals surface area contributed by atoms with Gasteiger partial charge in [0.1, 0.15) is 23.1 Å². The molecule has 9 nitrogen and oxygen atoms in total. The predicted molar refractivity (Wildman–Crippen MR) is 137 cm³/mol. The molecule has 0 atom stereocenters. The number of hydrogen-bond acceptors (Lipinski definition) is 9. The first-order valence-electron chi connectivity index (χ1n) is 11.7. The first kappa shape index (κ1) is 29.1. The summed E-state index contributed by atoms with van der Waals surface area (Å²) in [4.78, 5) is 34.4. The van der Waals surface area contributed by atoms with Crippen molar-refractivity contribution in [1.29, 1.82) is 0 Å². The number of carbonyl (C=O) groups is 3. The standard InChI is InChI=1S/C28H25FO9S/c1-3-27(31)36-17-5-4-16-35-22-10-15-25(26(29)18-22)28(32)38-21-8-13-24(14-9-21)39(33,34)23-11-6-20(7-12-23)37-19(2)30/h3,6-15,18H,1,4-5,16-17H2,2H3. The van der Waals surface area contributed by atoms with Gasteiger partial charge in [0.15, 0.2) is 0 Å². The van der Waals surface area contributed by atoms with E-state index < -0.39 is 33.6 Å². The molecule has 0 N–H and O–H groups in total. The van der Waals surface area contributed by atoms with Crippen LogP contribution in [0.15, 0.2) is 89.2 Å². The molecule has 0 aliphatic rings. The number of ether oxygens (including phenoxy) is 4. The molecule has 0 aromatic heterocycles. The van der Waals surface area contributed by atoms with Crippen molar-refractivity contribution in [3.05, 3.63) is 90.8 Å². The SMILES string of the molecule is C=CC(=O)OCCCCOc1ccc(C(=O)Oc2ccc(S(=O)(=O)c3ccc(OC(C)=O)cc3)cc2)c(F)c1. The molecule has 0 bridgehead atoms. The molecule has 0 unspecified atom stereocenters. The van der Waals surface area contributed by atoms with E-state index in [9.17, 15) is 27.2 Å². The van der Waals surface area contributed by atoms with Crippen LogP contribution in [0.4, 0.5) is 4.39 Å². The van der Waals surface area contributed by atoms with Crippen LogP contribution in [0, 0.1) is 5.82 Å². The maximum absolute atomic E-state index is 14.5. The minimum absolute atomic E-state index is 0.0148. The Balaban J connectivity index is 1.57. The fourth-order valence-electron chi connectivity index (χ4n) is 3.21. The number of rotatable bonds is 12. The smallest absolute Gasteiger partial charge is 0.346 e. The number of carbonyl (C=O) groups excluding carboxylic acids is 3. The molecule has 0 spiro atoms. The van der Waals surface area contributed by atoms with Gasteiger partial charge < -0.3 is 18.9 Å². The maximum atomic E-state index is 14.5. The molecule has 204 valence electrons. The first-order valence-corrected chi connectivity index (χ1v) is 13.2. The van der Waals surface area contributed by atoms with Crippen LogP contribution >= 0.6 is 0 Å². The van der Waals surface area contributed by atoms with Gasteiger partial charge in [-0.3, -0.25) is 4.79 Å². The largest absolute Gasteiger partial charge is 0.493 e. The molecule has 0 aliphatic heterocycles. The highest BCUT2D eigenvalue weighted by Crippen LogP contribution is 2.26. The lowest BCUT2D eigenvalue weighted by Gasteiger charge is -2.10. The zero-order valence-electron chi connectivity index (χ0n) is 20.9. The molecule has 0 aliphatic carbocycles. The molecule has 0 saturated heterocycles. The number of halogens is 1. The van der Waals surface area contributed by atoms with Gasteiger partial charge in [0.25, 0.3) is 0 Å². The Kier molecular flexibility index (Phi) is 9.93. The van der Waals surface area contributed by atoms with Crippen LogP contribution in [-0.4, -0.2) is 39.5 Å². The molecule has 39 heavy (non-hydrogen) atoms. The van der Waals surface area contributed by atoms with Crippen LogP contribution in [0.25, 0.3) is 0 Å². The van der Waals surface area contributed by atoms with Crippen molar-refractivity contribution in [2.24, 2.45) is 0 Å². The molecule has 0 fully saturated rings. The Morgan fingerprint density at radius 2 is 1.36 bits per heavy atom. The van der Waals surface area contributed by atoms with Crippen molar-refractivity contribution in [1.82, 2.24) is 0 Å². The monoisotopic (exact) mass is 556 g/mol. The topological polar surface area (TPSA) is 122 Å². The van der Waals surface area contributed by atoms with Gasteiger partial charge in [-0.2, -0.15) is 0 Å². The predicted octanol–water partition coefficient (Wildman–Crippen LogP) is 4.69. The number of unbranched alkanes of at least 4 members (excludes halogenated alkanes) is 1. The van der Waals surface area contributed by atoms with Gasteiger partial charge in [-0.05, 0) is 73.5 Å². The Labute approximate surface area is 224 Å². The van der Waals surface area contributed by atoms with Crippen LogP contribution in [0.2, 0.25) is 0 Å². The third kappa shape index (κ3) is 8.24. The van der Waals surface area contributed by atoms with E-state index >= 15 is 0 Å². The average Bonchev–Trinajstić information content (AvgIpc) is 2.90. The van der Waals surface area contributed by atoms with Crippen LogP contribution in [0.3, 0.4) is 0 Å². The third-order valence-electron chi connectivity index (χ3n) is 5.12. The third-order valence-corrected chi connectivity index (χ3v) is 6.90. The Morgan fingerprint density at radius 3 is 1.90 bits per heavy atom. The molecule has 0 heterocycles. The summed E-state index contributed by atoms with van der Waals surface area (Å²) < 4.78 is 60.6. The maximum Gasteiger partial charge on any atom is 0.346 e. The van der Waals surface area contributed by atoms with E-state index in [0.29, 0.717) is 12.8 Å². The lowest BCUT2D eigenvalue weighted by molar-refractivity contribution is -0.138. The number of sulfone groups is 1. The van der Waals surface area contributed by atoms with Gasteiger partial charge in [-0.25, -0.2) is 22.4 Å². The number of esters is 3. The average molecular weight is 557 g/mol. The minimum atomic E-state index is -3.89. The lowest BCUT2D eigenvalue weighted by atomic mass is 10.2. The summed E-state index contributed by atoms with van der Waals surface area (Å²) in [5, 5.41) is 0. The van der Waals surface area contributed by atoms with Crippen LogP contribution in [0.1, 0.15) is 30.1 Å². The molecule has 3 aromatic carbocycles. The highest BCUT2D eigenvalue weighted by Gasteiger charge is 2.19. The van der Waals surface area contributed by atoms with Crippen molar-refractivity contribution < 1.29 is 46.1 Å². The lowest BCUT2D eigenvalue weighted by Crippen LogP contribution is -2.11. The molecular weight excluding hydrogens is 531 g/mol. The Bertz CT molecular complexity index is 1450. The van der Waals surface area contributed by atoms with Gasteiger partial charge in [-0.1, -0.05) is 6.58 Å². The Hall–Kier alpha value is -4.51. The number of benzene rings is 3. The van der Waals surface area contributed by atoms with Gasteiger partial charge in [0.2, 0.25) is 9.84 Å². The number of hydrogen-bond donors (Lipinski definition) is 0. The quantitative estimate of drug-likeness (QED) is 0.135. The van der Waals surface area contributed by atoms with E-state index in [-0.39, 0.29) is 45.8 Å². The van der Waals surface area contributed by atoms with Crippen molar-refractivity contribution in [3.63, 3.8) is 0 Å². The Morgan fingerprint density at radius 1 is 0.821 bits per heavy atom. The zero-order chi connectivity index (χ0) is 28.4. The molecule has 0 amide bonds. The van der Waals surface area contributed by atoms with Crippen molar-refractivity contribution in [2.75, 3.05) is 13.2 Å². The van der Waals surface area contributed by atoms with Crippen LogP contribution in [0.5, 0.6) is 17.2 Å². The van der Waals surface area contributed by atoms with Crippen molar-refractivity contribution >= 4 is 27.7 Å². The molecule has 0 saturated carbocycles. The van der Waals surface area contributed by atoms with Crippen molar-refractivity contribution in [2.45, 2.75) is 29.6 Å². The molecule has 0 radical (unpaired) electrons. The summed E-state index contributed by atoms with van der Waals surface area (Å²) in [7, 11) is -3.89. The van der Waals surface area contributed by atoms with Gasteiger partial charge in [0.05, 0.1) is 28.6 Å². The first-order chi connectivity index (χ1) is 18.6. The van der Waals surface area contributed by atoms with E-state index in [2.05, 4.69) is 6.58 Å². The molecule has 11 heteroatoms. The second-order valence-electron chi connectivity index (χ2n) is 8.00. The van der Waals surface area contributed by atoms with Crippen LogP contribution in [-0.2, 0) is 24.2 Å². The summed E-state index contributed by atoms with van der Waals surface area (Å²) >= 11 is 0. The minimum Gasteiger partial charge on any atom is -0.493 e. The van der Waals surface area contributed by atoms with E-state index in [0.717, 1.165) is 12.1 Å². The second-order valence-corrected chi connectivity index (χ2v) is 9.95. The summed E-state index contributed by atoms with van der Waals surface area (Å²) in [5.41, 5.74) is -0.330. The molecule has 3 aromatic rings.